The van der Waals surface area contributed by atoms with Crippen molar-refractivity contribution in [1.29, 1.82) is 0 Å². The second kappa shape index (κ2) is 11.3. The zero-order valence-electron chi connectivity index (χ0n) is 21.1. The molecule has 9 nitrogen and oxygen atoms in total. The molecular formula is C26H35N5O4S. The lowest BCUT2D eigenvalue weighted by atomic mass is 10.1. The van der Waals surface area contributed by atoms with E-state index in [2.05, 4.69) is 41.0 Å². The summed E-state index contributed by atoms with van der Waals surface area (Å²) in [7, 11) is -4.01. The third kappa shape index (κ3) is 6.36. The van der Waals surface area contributed by atoms with Crippen LogP contribution in [-0.4, -0.2) is 61.4 Å². The molecule has 2 aromatic carbocycles. The van der Waals surface area contributed by atoms with Gasteiger partial charge >= 0.3 is 10.1 Å². The van der Waals surface area contributed by atoms with Crippen LogP contribution in [0.15, 0.2) is 47.4 Å². The van der Waals surface area contributed by atoms with Gasteiger partial charge in [0.15, 0.2) is 0 Å². The van der Waals surface area contributed by atoms with E-state index in [0.29, 0.717) is 17.0 Å². The van der Waals surface area contributed by atoms with Crippen LogP contribution in [0.5, 0.6) is 5.75 Å². The third-order valence-corrected chi connectivity index (χ3v) is 7.77. The van der Waals surface area contributed by atoms with Crippen molar-refractivity contribution in [2.24, 2.45) is 0 Å². The number of aromatic amines is 1. The summed E-state index contributed by atoms with van der Waals surface area (Å²) in [6.07, 6.45) is 4.80. The van der Waals surface area contributed by atoms with Crippen LogP contribution in [-0.2, 0) is 14.9 Å². The van der Waals surface area contributed by atoms with Crippen molar-refractivity contribution in [2.45, 2.75) is 63.4 Å². The number of carbonyl (C=O) groups excluding carboxylic acids is 1. The van der Waals surface area contributed by atoms with Gasteiger partial charge < -0.3 is 19.4 Å². The number of fused-ring (bicyclic) bond motifs is 1. The van der Waals surface area contributed by atoms with E-state index in [0.717, 1.165) is 57.4 Å². The summed E-state index contributed by atoms with van der Waals surface area (Å²) in [5.41, 5.74) is 2.09. The molecule has 10 heteroatoms. The molecule has 1 atom stereocenters. The van der Waals surface area contributed by atoms with E-state index in [1.54, 1.807) is 47.4 Å². The minimum Gasteiger partial charge on any atom is -0.383 e. The Bertz CT molecular complexity index is 1270. The van der Waals surface area contributed by atoms with Gasteiger partial charge in [-0.2, -0.15) is 8.42 Å². The summed E-state index contributed by atoms with van der Waals surface area (Å²) in [6, 6.07) is 11.9. The monoisotopic (exact) mass is 513 g/mol. The minimum absolute atomic E-state index is 0.0749. The lowest BCUT2D eigenvalue weighted by molar-refractivity contribution is -0.107. The number of rotatable bonds is 14. The maximum atomic E-state index is 12.9. The Balaban J connectivity index is 1.37. The van der Waals surface area contributed by atoms with E-state index in [-0.39, 0.29) is 22.7 Å². The predicted octanol–water partition coefficient (Wildman–Crippen LogP) is 4.38. The molecule has 2 N–H and O–H groups in total. The molecule has 1 unspecified atom stereocenters. The molecule has 1 amide bonds. The Hall–Kier alpha value is -3.11. The van der Waals surface area contributed by atoms with Gasteiger partial charge in [0, 0.05) is 23.8 Å². The summed E-state index contributed by atoms with van der Waals surface area (Å²) in [4.78, 5) is 23.0. The van der Waals surface area contributed by atoms with E-state index in [4.69, 9.17) is 4.18 Å². The zero-order chi connectivity index (χ0) is 25.7. The Morgan fingerprint density at radius 3 is 2.53 bits per heavy atom. The number of amides is 1. The molecule has 1 fully saturated rings. The standard InChI is InChI=1S/C26H35N5O4S/c1-4-30(5-2)16-6-7-19(3)27-20-8-13-23(14-9-20)36(33,34)35-22-12-15-24-25(17-22)29-26(28-24)31(18-32)21-10-11-21/h8-9,12-15,17-19,21,27H,4-7,10-11,16H2,1-3H3,(H,28,29). The van der Waals surface area contributed by atoms with Gasteiger partial charge in [-0.1, -0.05) is 13.8 Å². The molecular weight excluding hydrogens is 478 g/mol. The SMILES string of the molecule is CCN(CC)CCCC(C)Nc1ccc(S(=O)(=O)Oc2ccc3[nH]c(N(C=O)C4CC4)nc3c2)cc1. The molecule has 1 saturated carbocycles. The highest BCUT2D eigenvalue weighted by atomic mass is 32.2. The van der Waals surface area contributed by atoms with Gasteiger partial charge in [-0.3, -0.25) is 9.69 Å². The number of imidazole rings is 1. The smallest absolute Gasteiger partial charge is 0.339 e. The maximum Gasteiger partial charge on any atom is 0.339 e. The number of aromatic nitrogens is 2. The summed E-state index contributed by atoms with van der Waals surface area (Å²) in [6.45, 7) is 9.68. The van der Waals surface area contributed by atoms with Gasteiger partial charge in [0.1, 0.15) is 10.6 Å². The highest BCUT2D eigenvalue weighted by Gasteiger charge is 2.31. The molecule has 1 aromatic heterocycles. The second-order valence-electron chi connectivity index (χ2n) is 9.26. The summed E-state index contributed by atoms with van der Waals surface area (Å²) in [5, 5.41) is 3.43. The Morgan fingerprint density at radius 2 is 1.89 bits per heavy atom. The predicted molar refractivity (Wildman–Crippen MR) is 142 cm³/mol. The van der Waals surface area contributed by atoms with Crippen molar-refractivity contribution in [3.63, 3.8) is 0 Å². The van der Waals surface area contributed by atoms with Crippen molar-refractivity contribution in [3.8, 4) is 5.75 Å². The molecule has 3 aromatic rings. The first kappa shape index (κ1) is 26.0. The molecule has 0 aliphatic heterocycles. The van der Waals surface area contributed by atoms with Crippen molar-refractivity contribution in [2.75, 3.05) is 29.9 Å². The van der Waals surface area contributed by atoms with Gasteiger partial charge in [0.05, 0.1) is 11.0 Å². The van der Waals surface area contributed by atoms with Crippen molar-refractivity contribution in [3.05, 3.63) is 42.5 Å². The van der Waals surface area contributed by atoms with Crippen LogP contribution in [0, 0.1) is 0 Å². The molecule has 0 saturated heterocycles. The molecule has 36 heavy (non-hydrogen) atoms. The molecule has 0 bridgehead atoms. The van der Waals surface area contributed by atoms with E-state index in [1.165, 1.54) is 0 Å². The molecule has 0 radical (unpaired) electrons. The van der Waals surface area contributed by atoms with Crippen LogP contribution < -0.4 is 14.4 Å². The number of hydrogen-bond acceptors (Lipinski definition) is 7. The second-order valence-corrected chi connectivity index (χ2v) is 10.8. The molecule has 1 aliphatic rings. The Kier molecular flexibility index (Phi) is 8.15. The van der Waals surface area contributed by atoms with Crippen LogP contribution in [0.4, 0.5) is 11.6 Å². The first-order valence-corrected chi connectivity index (χ1v) is 14.0. The highest BCUT2D eigenvalue weighted by molar-refractivity contribution is 7.87. The summed E-state index contributed by atoms with van der Waals surface area (Å²) in [5.74, 6) is 0.613. The Labute approximate surface area is 213 Å². The fourth-order valence-electron chi connectivity index (χ4n) is 4.22. The van der Waals surface area contributed by atoms with Gasteiger partial charge in [0.25, 0.3) is 0 Å². The van der Waals surface area contributed by atoms with E-state index < -0.39 is 10.1 Å². The molecule has 1 aliphatic carbocycles. The third-order valence-electron chi connectivity index (χ3n) is 6.51. The average molecular weight is 514 g/mol. The number of benzene rings is 2. The largest absolute Gasteiger partial charge is 0.383 e. The van der Waals surface area contributed by atoms with Gasteiger partial charge in [0.2, 0.25) is 12.4 Å². The number of nitrogens with zero attached hydrogens (tertiary/aromatic N) is 3. The molecule has 1 heterocycles. The number of carbonyl (C=O) groups is 1. The lowest BCUT2D eigenvalue weighted by Gasteiger charge is -2.20. The number of nitrogens with one attached hydrogen (secondary N) is 2. The lowest BCUT2D eigenvalue weighted by Crippen LogP contribution is -2.25. The van der Waals surface area contributed by atoms with E-state index in [1.807, 2.05) is 0 Å². The normalized spacial score (nSPS) is 14.7. The number of hydrogen-bond donors (Lipinski definition) is 2. The van der Waals surface area contributed by atoms with Gasteiger partial charge in [-0.15, -0.1) is 0 Å². The molecule has 0 spiro atoms. The number of H-pyrrole nitrogens is 1. The fourth-order valence-corrected chi connectivity index (χ4v) is 5.14. The number of anilines is 2. The van der Waals surface area contributed by atoms with Crippen LogP contribution in [0.3, 0.4) is 0 Å². The topological polar surface area (TPSA) is 108 Å². The zero-order valence-corrected chi connectivity index (χ0v) is 21.9. The van der Waals surface area contributed by atoms with Gasteiger partial charge in [-0.25, -0.2) is 4.98 Å². The van der Waals surface area contributed by atoms with Crippen LogP contribution in [0.1, 0.15) is 46.5 Å². The van der Waals surface area contributed by atoms with Gasteiger partial charge in [-0.05, 0) is 88.6 Å². The van der Waals surface area contributed by atoms with Crippen molar-refractivity contribution >= 4 is 39.2 Å². The molecule has 194 valence electrons. The first-order chi connectivity index (χ1) is 17.3. The fraction of sp³-hybridized carbons (Fsp3) is 0.462. The van der Waals surface area contributed by atoms with E-state index in [9.17, 15) is 13.2 Å². The van der Waals surface area contributed by atoms with Crippen molar-refractivity contribution < 1.29 is 17.4 Å². The van der Waals surface area contributed by atoms with Crippen LogP contribution in [0.2, 0.25) is 0 Å². The minimum atomic E-state index is -4.01. The van der Waals surface area contributed by atoms with Crippen LogP contribution >= 0.6 is 0 Å². The highest BCUT2D eigenvalue weighted by Crippen LogP contribution is 2.31. The average Bonchev–Trinajstić information content (AvgIpc) is 3.61. The molecule has 4 rings (SSSR count). The summed E-state index contributed by atoms with van der Waals surface area (Å²) < 4.78 is 31.1. The maximum absolute atomic E-state index is 12.9. The van der Waals surface area contributed by atoms with Crippen LogP contribution in [0.25, 0.3) is 11.0 Å². The first-order valence-electron chi connectivity index (χ1n) is 12.6. The van der Waals surface area contributed by atoms with Crippen molar-refractivity contribution in [1.82, 2.24) is 14.9 Å². The summed E-state index contributed by atoms with van der Waals surface area (Å²) >= 11 is 0. The quantitative estimate of drug-likeness (QED) is 0.243. The van der Waals surface area contributed by atoms with E-state index >= 15 is 0 Å². The Morgan fingerprint density at radius 1 is 1.17 bits per heavy atom.